The van der Waals surface area contributed by atoms with Crippen LogP contribution in [0.4, 0.5) is 0 Å². The van der Waals surface area contributed by atoms with Crippen molar-refractivity contribution in [3.8, 4) is 5.75 Å². The van der Waals surface area contributed by atoms with Crippen molar-refractivity contribution < 1.29 is 4.74 Å². The Labute approximate surface area is 120 Å². The second kappa shape index (κ2) is 8.38. The highest BCUT2D eigenvalue weighted by Crippen LogP contribution is 2.12. The van der Waals surface area contributed by atoms with Gasteiger partial charge in [-0.15, -0.1) is 0 Å². The first-order chi connectivity index (χ1) is 9.88. The van der Waals surface area contributed by atoms with Crippen molar-refractivity contribution in [3.05, 3.63) is 48.0 Å². The number of hydrogen-bond acceptors (Lipinski definition) is 3. The molecule has 0 aliphatic rings. The second-order valence-corrected chi connectivity index (χ2v) is 4.85. The molecule has 20 heavy (non-hydrogen) atoms. The first-order valence-corrected chi connectivity index (χ1v) is 7.28. The van der Waals surface area contributed by atoms with Crippen molar-refractivity contribution in [2.45, 2.75) is 32.7 Å². The molecule has 1 aromatic heterocycles. The number of ether oxygens (including phenoxy) is 1. The third-order valence-electron chi connectivity index (χ3n) is 3.15. The summed E-state index contributed by atoms with van der Waals surface area (Å²) < 4.78 is 5.64. The first-order valence-electron chi connectivity index (χ1n) is 7.28. The molecule has 0 bridgehead atoms. The minimum atomic E-state index is 0.804. The summed E-state index contributed by atoms with van der Waals surface area (Å²) in [6.45, 7) is 4.79. The molecular formula is C16H23N3O. The Hall–Kier alpha value is -1.81. The Balaban J connectivity index is 1.65. The first kappa shape index (κ1) is 14.6. The molecule has 0 amide bonds. The predicted molar refractivity (Wildman–Crippen MR) is 80.8 cm³/mol. The Morgan fingerprint density at radius 3 is 2.80 bits per heavy atom. The van der Waals surface area contributed by atoms with Crippen LogP contribution in [0.2, 0.25) is 0 Å². The quantitative estimate of drug-likeness (QED) is 0.691. The topological polar surface area (TPSA) is 49.9 Å². The maximum atomic E-state index is 5.64. The standard InChI is InChI=1S/C16H23N3O/c1-2-3-10-20-16-6-4-14(5-7-16)11-17-9-8-15-12-18-13-19-15/h4-7,12-13,17H,2-3,8-11H2,1H3,(H,18,19). The molecule has 1 heterocycles. The molecule has 0 radical (unpaired) electrons. The van der Waals surface area contributed by atoms with E-state index in [1.165, 1.54) is 12.0 Å². The molecule has 108 valence electrons. The summed E-state index contributed by atoms with van der Waals surface area (Å²) >= 11 is 0. The van der Waals surface area contributed by atoms with Crippen LogP contribution in [-0.2, 0) is 13.0 Å². The van der Waals surface area contributed by atoms with Gasteiger partial charge in [0.2, 0.25) is 0 Å². The molecule has 0 aliphatic heterocycles. The van der Waals surface area contributed by atoms with E-state index in [4.69, 9.17) is 4.74 Å². The highest BCUT2D eigenvalue weighted by molar-refractivity contribution is 5.27. The Kier molecular flexibility index (Phi) is 6.11. The summed E-state index contributed by atoms with van der Waals surface area (Å²) in [7, 11) is 0. The van der Waals surface area contributed by atoms with E-state index in [2.05, 4.69) is 34.3 Å². The van der Waals surface area contributed by atoms with Crippen LogP contribution in [0.25, 0.3) is 0 Å². The molecule has 0 unspecified atom stereocenters. The molecule has 4 heteroatoms. The van der Waals surface area contributed by atoms with Crippen molar-refractivity contribution in [1.29, 1.82) is 0 Å². The van der Waals surface area contributed by atoms with Crippen molar-refractivity contribution in [2.75, 3.05) is 13.2 Å². The van der Waals surface area contributed by atoms with Gasteiger partial charge in [0.25, 0.3) is 0 Å². The lowest BCUT2D eigenvalue weighted by molar-refractivity contribution is 0.309. The highest BCUT2D eigenvalue weighted by atomic mass is 16.5. The number of benzene rings is 1. The van der Waals surface area contributed by atoms with Crippen LogP contribution >= 0.6 is 0 Å². The predicted octanol–water partition coefficient (Wildman–Crippen LogP) is 2.92. The number of unbranched alkanes of at least 4 members (excludes halogenated alkanes) is 1. The van der Waals surface area contributed by atoms with Gasteiger partial charge in [-0.05, 0) is 24.1 Å². The number of hydrogen-bond donors (Lipinski definition) is 2. The van der Waals surface area contributed by atoms with Gasteiger partial charge in [0.15, 0.2) is 0 Å². The number of aromatic nitrogens is 2. The van der Waals surface area contributed by atoms with Crippen LogP contribution in [0.1, 0.15) is 31.0 Å². The number of imidazole rings is 1. The second-order valence-electron chi connectivity index (χ2n) is 4.85. The molecule has 0 aliphatic carbocycles. The van der Waals surface area contributed by atoms with Crippen LogP contribution in [-0.4, -0.2) is 23.1 Å². The molecule has 2 rings (SSSR count). The lowest BCUT2D eigenvalue weighted by Crippen LogP contribution is -2.16. The fourth-order valence-corrected chi connectivity index (χ4v) is 1.92. The molecule has 0 saturated carbocycles. The summed E-state index contributed by atoms with van der Waals surface area (Å²) in [5.41, 5.74) is 2.44. The summed E-state index contributed by atoms with van der Waals surface area (Å²) in [6.07, 6.45) is 6.82. The Morgan fingerprint density at radius 1 is 1.25 bits per heavy atom. The summed E-state index contributed by atoms with van der Waals surface area (Å²) in [4.78, 5) is 7.10. The van der Waals surface area contributed by atoms with Gasteiger partial charge in [0.05, 0.1) is 12.9 Å². The third-order valence-corrected chi connectivity index (χ3v) is 3.15. The summed E-state index contributed by atoms with van der Waals surface area (Å²) in [5, 5.41) is 3.42. The summed E-state index contributed by atoms with van der Waals surface area (Å²) in [6, 6.07) is 8.32. The number of nitrogens with one attached hydrogen (secondary N) is 2. The van der Waals surface area contributed by atoms with Crippen LogP contribution in [0.15, 0.2) is 36.8 Å². The monoisotopic (exact) mass is 273 g/mol. The number of aromatic amines is 1. The largest absolute Gasteiger partial charge is 0.494 e. The molecule has 1 aromatic carbocycles. The minimum absolute atomic E-state index is 0.804. The molecule has 4 nitrogen and oxygen atoms in total. The van der Waals surface area contributed by atoms with E-state index in [-0.39, 0.29) is 0 Å². The minimum Gasteiger partial charge on any atom is -0.494 e. The van der Waals surface area contributed by atoms with E-state index < -0.39 is 0 Å². The Morgan fingerprint density at radius 2 is 2.10 bits per heavy atom. The van der Waals surface area contributed by atoms with E-state index in [0.29, 0.717) is 0 Å². The zero-order valence-electron chi connectivity index (χ0n) is 12.1. The van der Waals surface area contributed by atoms with Gasteiger partial charge in [-0.25, -0.2) is 4.98 Å². The van der Waals surface area contributed by atoms with Crippen LogP contribution in [0.3, 0.4) is 0 Å². The van der Waals surface area contributed by atoms with Crippen LogP contribution in [0.5, 0.6) is 5.75 Å². The van der Waals surface area contributed by atoms with Gasteiger partial charge >= 0.3 is 0 Å². The van der Waals surface area contributed by atoms with Gasteiger partial charge < -0.3 is 15.0 Å². The average Bonchev–Trinajstić information content (AvgIpc) is 2.99. The zero-order valence-corrected chi connectivity index (χ0v) is 12.1. The van der Waals surface area contributed by atoms with Gasteiger partial charge in [-0.3, -0.25) is 0 Å². The SMILES string of the molecule is CCCCOc1ccc(CNCCc2cnc[nH]2)cc1. The lowest BCUT2D eigenvalue weighted by Gasteiger charge is -2.07. The number of nitrogens with zero attached hydrogens (tertiary/aromatic N) is 1. The zero-order chi connectivity index (χ0) is 14.0. The number of H-pyrrole nitrogens is 1. The maximum Gasteiger partial charge on any atom is 0.119 e. The van der Waals surface area contributed by atoms with E-state index in [9.17, 15) is 0 Å². The highest BCUT2D eigenvalue weighted by Gasteiger charge is 1.97. The molecule has 0 fully saturated rings. The molecule has 2 aromatic rings. The van der Waals surface area contributed by atoms with Gasteiger partial charge in [-0.2, -0.15) is 0 Å². The normalized spacial score (nSPS) is 10.7. The van der Waals surface area contributed by atoms with Gasteiger partial charge in [0, 0.05) is 31.4 Å². The average molecular weight is 273 g/mol. The fourth-order valence-electron chi connectivity index (χ4n) is 1.92. The molecule has 0 spiro atoms. The van der Waals surface area contributed by atoms with Gasteiger partial charge in [0.1, 0.15) is 5.75 Å². The van der Waals surface area contributed by atoms with E-state index in [0.717, 1.165) is 44.0 Å². The third kappa shape index (κ3) is 5.05. The smallest absolute Gasteiger partial charge is 0.119 e. The van der Waals surface area contributed by atoms with Crippen LogP contribution in [0, 0.1) is 0 Å². The maximum absolute atomic E-state index is 5.64. The van der Waals surface area contributed by atoms with E-state index in [1.807, 2.05) is 18.3 Å². The number of rotatable bonds is 9. The van der Waals surface area contributed by atoms with E-state index >= 15 is 0 Å². The molecule has 0 atom stereocenters. The van der Waals surface area contributed by atoms with Crippen molar-refractivity contribution in [1.82, 2.24) is 15.3 Å². The Bertz CT molecular complexity index is 465. The van der Waals surface area contributed by atoms with E-state index in [1.54, 1.807) is 6.33 Å². The van der Waals surface area contributed by atoms with Crippen molar-refractivity contribution in [3.63, 3.8) is 0 Å². The van der Waals surface area contributed by atoms with Crippen LogP contribution < -0.4 is 10.1 Å². The van der Waals surface area contributed by atoms with Gasteiger partial charge in [-0.1, -0.05) is 25.5 Å². The van der Waals surface area contributed by atoms with Crippen molar-refractivity contribution in [2.24, 2.45) is 0 Å². The lowest BCUT2D eigenvalue weighted by atomic mass is 10.2. The summed E-state index contributed by atoms with van der Waals surface area (Å²) in [5.74, 6) is 0.958. The molecule has 0 saturated heterocycles. The molecule has 2 N–H and O–H groups in total. The molecular weight excluding hydrogens is 250 g/mol. The fraction of sp³-hybridized carbons (Fsp3) is 0.438. The van der Waals surface area contributed by atoms with Crippen molar-refractivity contribution >= 4 is 0 Å².